The number of amides is 1. The molecule has 9 nitrogen and oxygen atoms in total. The summed E-state index contributed by atoms with van der Waals surface area (Å²) < 4.78 is 6.14. The lowest BCUT2D eigenvalue weighted by atomic mass is 10.1. The van der Waals surface area contributed by atoms with E-state index in [4.69, 9.17) is 9.57 Å². The zero-order chi connectivity index (χ0) is 20.2. The van der Waals surface area contributed by atoms with E-state index in [0.717, 1.165) is 45.9 Å². The zero-order valence-corrected chi connectivity index (χ0v) is 16.2. The quantitative estimate of drug-likeness (QED) is 0.792. The first-order valence-corrected chi connectivity index (χ1v) is 9.81. The van der Waals surface area contributed by atoms with Gasteiger partial charge in [-0.2, -0.15) is 0 Å². The topological polar surface area (TPSA) is 90.6 Å². The third-order valence-corrected chi connectivity index (χ3v) is 5.29. The maximum absolute atomic E-state index is 12.3. The molecular weight excluding hydrogens is 376 g/mol. The lowest BCUT2D eigenvalue weighted by molar-refractivity contribution is 0.0555. The van der Waals surface area contributed by atoms with Gasteiger partial charge in [0.1, 0.15) is 0 Å². The lowest BCUT2D eigenvalue weighted by Crippen LogP contribution is -2.50. The number of anilines is 1. The average molecular weight is 402 g/mol. The summed E-state index contributed by atoms with van der Waals surface area (Å²) >= 11 is 0. The summed E-state index contributed by atoms with van der Waals surface area (Å²) in [5.41, 5.74) is 2.46. The van der Waals surface area contributed by atoms with Gasteiger partial charge in [0.15, 0.2) is 0 Å². The maximum atomic E-state index is 12.3. The molecule has 0 atom stereocenters. The van der Waals surface area contributed by atoms with E-state index in [-0.39, 0.29) is 11.8 Å². The largest absolute Gasteiger partial charge is 0.492 e. The molecule has 2 aliphatic heterocycles. The summed E-state index contributed by atoms with van der Waals surface area (Å²) in [6.45, 7) is 6.66. The first-order chi connectivity index (χ1) is 14.1. The third kappa shape index (κ3) is 4.57. The van der Waals surface area contributed by atoms with Crippen LogP contribution in [0.1, 0.15) is 5.56 Å². The Morgan fingerprint density at radius 1 is 0.966 bits per heavy atom. The van der Waals surface area contributed by atoms with Crippen LogP contribution in [0.2, 0.25) is 0 Å². The second-order valence-electron chi connectivity index (χ2n) is 7.23. The molecule has 0 unspecified atom stereocenters. The number of piperazine rings is 1. The van der Waals surface area contributed by atoms with E-state index in [1.165, 1.54) is 23.4 Å². The third-order valence-electron chi connectivity index (χ3n) is 5.29. The molecule has 29 heavy (non-hydrogen) atoms. The molecule has 2 aliphatic rings. The molecule has 2 fully saturated rings. The highest BCUT2D eigenvalue weighted by Crippen LogP contribution is 2.21. The van der Waals surface area contributed by atoms with Crippen molar-refractivity contribution < 1.29 is 24.6 Å². The van der Waals surface area contributed by atoms with Gasteiger partial charge in [0.25, 0.3) is 0 Å². The van der Waals surface area contributed by atoms with Crippen LogP contribution in [0.25, 0.3) is 0 Å². The molecule has 0 bridgehead atoms. The monoisotopic (exact) mass is 402 g/mol. The fourth-order valence-electron chi connectivity index (χ4n) is 3.65. The zero-order valence-electron chi connectivity index (χ0n) is 16.2. The van der Waals surface area contributed by atoms with Crippen LogP contribution in [0.4, 0.5) is 10.5 Å². The molecule has 0 saturated carbocycles. The molecular formula is C20H26N4O5. The molecule has 0 radical (unpaired) electrons. The van der Waals surface area contributed by atoms with Gasteiger partial charge < -0.3 is 29.6 Å². The van der Waals surface area contributed by atoms with Gasteiger partial charge in [-0.05, 0) is 17.7 Å². The van der Waals surface area contributed by atoms with Crippen LogP contribution < -0.4 is 9.74 Å². The number of morpholine rings is 1. The van der Waals surface area contributed by atoms with Crippen LogP contribution in [0.5, 0.6) is 11.8 Å². The van der Waals surface area contributed by atoms with E-state index in [2.05, 4.69) is 34.1 Å². The number of nitrogens with zero attached hydrogens (tertiary/aromatic N) is 4. The van der Waals surface area contributed by atoms with Crippen molar-refractivity contribution in [1.82, 2.24) is 14.5 Å². The number of benzene rings is 1. The summed E-state index contributed by atoms with van der Waals surface area (Å²) in [5, 5.41) is 19.2. The van der Waals surface area contributed by atoms with Gasteiger partial charge in [-0.3, -0.25) is 4.90 Å². The smallest absolute Gasteiger partial charge is 0.434 e. The van der Waals surface area contributed by atoms with Crippen molar-refractivity contribution in [1.29, 1.82) is 0 Å². The van der Waals surface area contributed by atoms with Crippen LogP contribution in [0.3, 0.4) is 0 Å². The van der Waals surface area contributed by atoms with E-state index in [1.807, 2.05) is 0 Å². The first kappa shape index (κ1) is 19.4. The Hall–Kier alpha value is -2.91. The fourth-order valence-corrected chi connectivity index (χ4v) is 3.65. The summed E-state index contributed by atoms with van der Waals surface area (Å²) in [4.78, 5) is 23.5. The van der Waals surface area contributed by atoms with Crippen molar-refractivity contribution in [2.45, 2.75) is 6.54 Å². The molecule has 3 heterocycles. The Morgan fingerprint density at radius 2 is 1.66 bits per heavy atom. The summed E-state index contributed by atoms with van der Waals surface area (Å²) in [6.07, 6.45) is -0.597. The molecule has 2 N–H and O–H groups in total. The van der Waals surface area contributed by atoms with E-state index in [1.54, 1.807) is 4.90 Å². The number of carbonyl (C=O) groups excluding carboxylic acids is 1. The summed E-state index contributed by atoms with van der Waals surface area (Å²) in [5.74, 6) is -0.649. The van der Waals surface area contributed by atoms with Gasteiger partial charge >= 0.3 is 6.09 Å². The van der Waals surface area contributed by atoms with Gasteiger partial charge in [-0.1, -0.05) is 12.1 Å². The number of rotatable bonds is 4. The minimum Gasteiger partial charge on any atom is -0.492 e. The number of ether oxygens (including phenoxy) is 1. The Labute approximate surface area is 169 Å². The Bertz CT molecular complexity index is 822. The molecule has 156 valence electrons. The van der Waals surface area contributed by atoms with Crippen LogP contribution in [0, 0.1) is 0 Å². The fraction of sp³-hybridized carbons (Fsp3) is 0.450. The molecule has 1 amide bonds. The van der Waals surface area contributed by atoms with E-state index in [0.29, 0.717) is 17.8 Å². The molecule has 2 aromatic rings. The van der Waals surface area contributed by atoms with Gasteiger partial charge in [0.2, 0.25) is 11.8 Å². The Balaban J connectivity index is 1.29. The maximum Gasteiger partial charge on any atom is 0.434 e. The molecule has 1 aromatic heterocycles. The molecule has 9 heteroatoms. The highest BCUT2D eigenvalue weighted by atomic mass is 16.7. The van der Waals surface area contributed by atoms with Crippen molar-refractivity contribution in [3.63, 3.8) is 0 Å². The van der Waals surface area contributed by atoms with Gasteiger partial charge in [0, 0.05) is 63.6 Å². The second kappa shape index (κ2) is 8.62. The van der Waals surface area contributed by atoms with E-state index in [9.17, 15) is 15.0 Å². The first-order valence-electron chi connectivity index (χ1n) is 9.81. The van der Waals surface area contributed by atoms with E-state index < -0.39 is 6.09 Å². The molecule has 2 saturated heterocycles. The number of carbonyl (C=O) groups is 1. The van der Waals surface area contributed by atoms with Crippen molar-refractivity contribution in [2.75, 3.05) is 57.4 Å². The predicted octanol–water partition coefficient (Wildman–Crippen LogP) is 1.10. The Morgan fingerprint density at radius 3 is 2.34 bits per heavy atom. The minimum absolute atomic E-state index is 0.324. The number of hydrogen-bond donors (Lipinski definition) is 2. The van der Waals surface area contributed by atoms with E-state index >= 15 is 0 Å². The highest BCUT2D eigenvalue weighted by molar-refractivity contribution is 5.68. The molecule has 4 rings (SSSR count). The lowest BCUT2D eigenvalue weighted by Gasteiger charge is -2.34. The van der Waals surface area contributed by atoms with Crippen molar-refractivity contribution in [3.8, 4) is 11.8 Å². The number of aromatic nitrogens is 1. The van der Waals surface area contributed by atoms with Crippen LogP contribution in [-0.4, -0.2) is 83.3 Å². The van der Waals surface area contributed by atoms with Crippen LogP contribution in [0.15, 0.2) is 36.4 Å². The second-order valence-corrected chi connectivity index (χ2v) is 7.23. The molecule has 1 aromatic carbocycles. The summed E-state index contributed by atoms with van der Waals surface area (Å²) in [7, 11) is 0. The summed E-state index contributed by atoms with van der Waals surface area (Å²) in [6, 6.07) is 11.1. The highest BCUT2D eigenvalue weighted by Gasteiger charge is 2.24. The van der Waals surface area contributed by atoms with Crippen molar-refractivity contribution in [3.05, 3.63) is 42.0 Å². The van der Waals surface area contributed by atoms with Crippen molar-refractivity contribution >= 4 is 11.8 Å². The van der Waals surface area contributed by atoms with Crippen molar-refractivity contribution in [2.24, 2.45) is 0 Å². The van der Waals surface area contributed by atoms with Crippen LogP contribution >= 0.6 is 0 Å². The van der Waals surface area contributed by atoms with Crippen LogP contribution in [-0.2, 0) is 11.3 Å². The molecule has 0 spiro atoms. The van der Waals surface area contributed by atoms with Gasteiger partial charge in [0.05, 0.1) is 13.2 Å². The SMILES string of the molecule is O=C(On1c(O)ccc1O)N1CCN(Cc2cccc(N3CCOCC3)c2)CC1. The Kier molecular flexibility index (Phi) is 5.77. The molecule has 0 aliphatic carbocycles. The normalized spacial score (nSPS) is 18.1. The standard InChI is InChI=1S/C20H26N4O5/c25-18-4-5-19(26)24(18)29-20(27)23-8-6-21(7-9-23)15-16-2-1-3-17(14-16)22-10-12-28-13-11-22/h1-5,14,25-26H,6-13,15H2. The number of hydrogen-bond acceptors (Lipinski definition) is 7. The average Bonchev–Trinajstić information content (AvgIpc) is 3.07. The van der Waals surface area contributed by atoms with Gasteiger partial charge in [-0.25, -0.2) is 4.79 Å². The minimum atomic E-state index is -0.597. The van der Waals surface area contributed by atoms with Gasteiger partial charge in [-0.15, -0.1) is 4.73 Å². The predicted molar refractivity (Wildman–Crippen MR) is 106 cm³/mol. The number of aromatic hydroxyl groups is 2.